The predicted octanol–water partition coefficient (Wildman–Crippen LogP) is 2.46. The molecular weight excluding hydrogens is 281 g/mol. The molecule has 0 bridgehead atoms. The molecule has 0 spiro atoms. The molecule has 0 aliphatic carbocycles. The molecule has 116 valence electrons. The molecule has 1 heterocycles. The second-order valence-corrected chi connectivity index (χ2v) is 5.52. The minimum atomic E-state index is -4.37. The van der Waals surface area contributed by atoms with Gasteiger partial charge in [-0.1, -0.05) is 18.2 Å². The van der Waals surface area contributed by atoms with Crippen LogP contribution in [0.2, 0.25) is 0 Å². The molecule has 1 aliphatic rings. The second-order valence-electron chi connectivity index (χ2n) is 5.52. The highest BCUT2D eigenvalue weighted by Crippen LogP contribution is 2.29. The lowest BCUT2D eigenvalue weighted by atomic mass is 10.0. The number of alkyl halides is 3. The lowest BCUT2D eigenvalue weighted by Gasteiger charge is -2.29. The van der Waals surface area contributed by atoms with Gasteiger partial charge in [-0.15, -0.1) is 0 Å². The molecule has 2 rings (SSSR count). The van der Waals surface area contributed by atoms with Crippen LogP contribution in [0.25, 0.3) is 0 Å². The van der Waals surface area contributed by atoms with Gasteiger partial charge in [0.05, 0.1) is 12.0 Å². The Morgan fingerprint density at radius 2 is 2.00 bits per heavy atom. The van der Waals surface area contributed by atoms with E-state index in [-0.39, 0.29) is 18.4 Å². The van der Waals surface area contributed by atoms with E-state index < -0.39 is 11.7 Å². The summed E-state index contributed by atoms with van der Waals surface area (Å²) >= 11 is 0. The molecule has 3 nitrogen and oxygen atoms in total. The fourth-order valence-corrected chi connectivity index (χ4v) is 2.47. The Balaban J connectivity index is 1.91. The molecule has 1 aromatic rings. The van der Waals surface area contributed by atoms with Crippen molar-refractivity contribution in [2.45, 2.75) is 31.5 Å². The summed E-state index contributed by atoms with van der Waals surface area (Å²) in [6.45, 7) is 1.85. The number of amides is 1. The van der Waals surface area contributed by atoms with Gasteiger partial charge in [0.15, 0.2) is 0 Å². The maximum atomic E-state index is 12.6. The third-order valence-corrected chi connectivity index (χ3v) is 3.70. The van der Waals surface area contributed by atoms with Crippen LogP contribution in [0.5, 0.6) is 0 Å². The fraction of sp³-hybridized carbons (Fsp3) is 0.533. The highest BCUT2D eigenvalue weighted by molar-refractivity contribution is 5.78. The minimum Gasteiger partial charge on any atom is -0.353 e. The van der Waals surface area contributed by atoms with Gasteiger partial charge in [0.1, 0.15) is 0 Å². The van der Waals surface area contributed by atoms with Gasteiger partial charge in [-0.3, -0.25) is 4.79 Å². The number of halogens is 3. The molecule has 21 heavy (non-hydrogen) atoms. The SMILES string of the molecule is CN1CCC(NC(=O)Cc2cccc(C(F)(F)F)c2)CC1. The summed E-state index contributed by atoms with van der Waals surface area (Å²) in [5.74, 6) is -0.219. The zero-order valence-electron chi connectivity index (χ0n) is 11.9. The Hall–Kier alpha value is -1.56. The first kappa shape index (κ1) is 15.8. The number of hydrogen-bond donors (Lipinski definition) is 1. The highest BCUT2D eigenvalue weighted by Gasteiger charge is 2.30. The van der Waals surface area contributed by atoms with Gasteiger partial charge in [0, 0.05) is 6.04 Å². The Morgan fingerprint density at radius 1 is 1.33 bits per heavy atom. The molecule has 0 unspecified atom stereocenters. The van der Waals surface area contributed by atoms with Crippen molar-refractivity contribution in [2.24, 2.45) is 0 Å². The van der Waals surface area contributed by atoms with Crippen LogP contribution in [0.3, 0.4) is 0 Å². The number of benzene rings is 1. The van der Waals surface area contributed by atoms with Crippen molar-refractivity contribution in [2.75, 3.05) is 20.1 Å². The molecular formula is C15H19F3N2O. The topological polar surface area (TPSA) is 32.3 Å². The molecule has 1 aromatic carbocycles. The van der Waals surface area contributed by atoms with E-state index in [2.05, 4.69) is 10.2 Å². The van der Waals surface area contributed by atoms with Crippen molar-refractivity contribution in [1.29, 1.82) is 0 Å². The first-order chi connectivity index (χ1) is 9.84. The smallest absolute Gasteiger partial charge is 0.353 e. The summed E-state index contributed by atoms with van der Waals surface area (Å²) in [6, 6.07) is 5.05. The largest absolute Gasteiger partial charge is 0.416 e. The van der Waals surface area contributed by atoms with E-state index in [0.29, 0.717) is 5.56 Å². The minimum absolute atomic E-state index is 0.0176. The third-order valence-electron chi connectivity index (χ3n) is 3.70. The highest BCUT2D eigenvalue weighted by atomic mass is 19.4. The van der Waals surface area contributed by atoms with Gasteiger partial charge in [0.2, 0.25) is 5.91 Å². The average molecular weight is 300 g/mol. The number of likely N-dealkylation sites (tertiary alicyclic amines) is 1. The van der Waals surface area contributed by atoms with Gasteiger partial charge in [-0.2, -0.15) is 13.2 Å². The number of nitrogens with zero attached hydrogens (tertiary/aromatic N) is 1. The quantitative estimate of drug-likeness (QED) is 0.930. The predicted molar refractivity (Wildman–Crippen MR) is 73.8 cm³/mol. The average Bonchev–Trinajstić information content (AvgIpc) is 2.41. The summed E-state index contributed by atoms with van der Waals surface area (Å²) < 4.78 is 37.8. The lowest BCUT2D eigenvalue weighted by molar-refractivity contribution is -0.137. The van der Waals surface area contributed by atoms with E-state index in [4.69, 9.17) is 0 Å². The van der Waals surface area contributed by atoms with Gasteiger partial charge >= 0.3 is 6.18 Å². The fourth-order valence-electron chi connectivity index (χ4n) is 2.47. The zero-order chi connectivity index (χ0) is 15.5. The first-order valence-electron chi connectivity index (χ1n) is 6.98. The van der Waals surface area contributed by atoms with Crippen LogP contribution >= 0.6 is 0 Å². The van der Waals surface area contributed by atoms with Crippen LogP contribution in [0.4, 0.5) is 13.2 Å². The van der Waals surface area contributed by atoms with E-state index in [1.807, 2.05) is 7.05 Å². The molecule has 6 heteroatoms. The summed E-state index contributed by atoms with van der Waals surface area (Å²) in [7, 11) is 2.03. The van der Waals surface area contributed by atoms with Gasteiger partial charge in [0.25, 0.3) is 0 Å². The monoisotopic (exact) mass is 300 g/mol. The van der Waals surface area contributed by atoms with Gasteiger partial charge < -0.3 is 10.2 Å². The van der Waals surface area contributed by atoms with Crippen LogP contribution in [0.1, 0.15) is 24.0 Å². The van der Waals surface area contributed by atoms with Crippen LogP contribution in [0.15, 0.2) is 24.3 Å². The molecule has 0 atom stereocenters. The Bertz CT molecular complexity index is 494. The van der Waals surface area contributed by atoms with Crippen molar-refractivity contribution in [3.05, 3.63) is 35.4 Å². The van der Waals surface area contributed by atoms with E-state index >= 15 is 0 Å². The molecule has 1 saturated heterocycles. The van der Waals surface area contributed by atoms with Crippen molar-refractivity contribution >= 4 is 5.91 Å². The standard InChI is InChI=1S/C15H19F3N2O/c1-20-7-5-13(6-8-20)19-14(21)10-11-3-2-4-12(9-11)15(16,17)18/h2-4,9,13H,5-8,10H2,1H3,(H,19,21). The molecule has 1 aliphatic heterocycles. The molecule has 0 radical (unpaired) electrons. The van der Waals surface area contributed by atoms with Crippen molar-refractivity contribution < 1.29 is 18.0 Å². The number of nitrogens with one attached hydrogen (secondary N) is 1. The van der Waals surface area contributed by atoms with Gasteiger partial charge in [-0.25, -0.2) is 0 Å². The van der Waals surface area contributed by atoms with Crippen LogP contribution < -0.4 is 5.32 Å². The molecule has 0 saturated carbocycles. The van der Waals surface area contributed by atoms with E-state index in [0.717, 1.165) is 38.1 Å². The zero-order valence-corrected chi connectivity index (χ0v) is 11.9. The van der Waals surface area contributed by atoms with Gasteiger partial charge in [-0.05, 0) is 44.6 Å². The Labute approximate surface area is 122 Å². The van der Waals surface area contributed by atoms with E-state index in [1.54, 1.807) is 6.07 Å². The third kappa shape index (κ3) is 4.74. The van der Waals surface area contributed by atoms with Crippen molar-refractivity contribution in [3.8, 4) is 0 Å². The number of hydrogen-bond acceptors (Lipinski definition) is 2. The maximum absolute atomic E-state index is 12.6. The maximum Gasteiger partial charge on any atom is 0.416 e. The first-order valence-corrected chi connectivity index (χ1v) is 6.98. The number of piperidine rings is 1. The number of carbonyl (C=O) groups excluding carboxylic acids is 1. The normalized spacial score (nSPS) is 17.7. The van der Waals surface area contributed by atoms with Crippen molar-refractivity contribution in [1.82, 2.24) is 10.2 Å². The van der Waals surface area contributed by atoms with Crippen LogP contribution in [-0.4, -0.2) is 37.0 Å². The summed E-state index contributed by atoms with van der Waals surface area (Å²) in [4.78, 5) is 14.1. The molecule has 1 fully saturated rings. The Kier molecular flexibility index (Phi) is 4.88. The Morgan fingerprint density at radius 3 is 2.62 bits per heavy atom. The summed E-state index contributed by atoms with van der Waals surface area (Å²) in [5.41, 5.74) is -0.331. The molecule has 1 amide bonds. The van der Waals surface area contributed by atoms with Crippen molar-refractivity contribution in [3.63, 3.8) is 0 Å². The number of rotatable bonds is 3. The summed E-state index contributed by atoms with van der Waals surface area (Å²) in [5, 5.41) is 2.90. The van der Waals surface area contributed by atoms with Crippen LogP contribution in [0, 0.1) is 0 Å². The van der Waals surface area contributed by atoms with E-state index in [9.17, 15) is 18.0 Å². The summed E-state index contributed by atoms with van der Waals surface area (Å²) in [6.07, 6.45) is -2.63. The van der Waals surface area contributed by atoms with E-state index in [1.165, 1.54) is 6.07 Å². The molecule has 1 N–H and O–H groups in total. The second kappa shape index (κ2) is 6.47. The molecule has 0 aromatic heterocycles. The lowest BCUT2D eigenvalue weighted by Crippen LogP contribution is -2.43. The van der Waals surface area contributed by atoms with Crippen LogP contribution in [-0.2, 0) is 17.4 Å². The number of carbonyl (C=O) groups is 1.